The summed E-state index contributed by atoms with van der Waals surface area (Å²) < 4.78 is 37.7. The molecule has 0 radical (unpaired) electrons. The number of ether oxygens (including phenoxy) is 2. The number of nitrogens with two attached hydrogens (primary N) is 2. The number of hydrogen-bond donors (Lipinski definition) is 4. The number of halogens is 2. The monoisotopic (exact) mass is 1310 g/mol. The minimum Gasteiger partial charge on any atom is -0.477 e. The molecule has 6 aliphatic rings. The maximum atomic E-state index is 13.4. The van der Waals surface area contributed by atoms with Crippen LogP contribution < -0.4 is 31.5 Å². The zero-order chi connectivity index (χ0) is 67.7. The number of anilines is 5. The third-order valence-electron chi connectivity index (χ3n) is 18.4. The van der Waals surface area contributed by atoms with E-state index in [0.29, 0.717) is 72.1 Å². The molecule has 6 heterocycles. The number of fused-ring (bicyclic) bond motifs is 3. The Kier molecular flexibility index (Phi) is 19.2. The molecule has 0 spiro atoms. The number of nitrogens with zero attached hydrogens (tertiary/aromatic N) is 8. The third-order valence-corrected chi connectivity index (χ3v) is 18.4. The molecule has 21 heteroatoms. The molecule has 0 unspecified atom stereocenters. The molecule has 6 fully saturated rings. The van der Waals surface area contributed by atoms with E-state index in [4.69, 9.17) is 20.9 Å². The van der Waals surface area contributed by atoms with Crippen LogP contribution in [0.3, 0.4) is 0 Å². The van der Waals surface area contributed by atoms with Gasteiger partial charge in [0.05, 0.1) is 0 Å². The number of hydrogen-bond acceptors (Lipinski definition) is 16. The van der Waals surface area contributed by atoms with Gasteiger partial charge in [0, 0.05) is 155 Å². The van der Waals surface area contributed by atoms with Crippen molar-refractivity contribution in [3.63, 3.8) is 0 Å². The maximum Gasteiger partial charge on any atom is 0.410 e. The fraction of sp³-hybridized carbons (Fsp3) is 0.413. The van der Waals surface area contributed by atoms with E-state index >= 15 is 0 Å². The highest BCUT2D eigenvalue weighted by molar-refractivity contribution is 6.02. The van der Waals surface area contributed by atoms with E-state index in [0.717, 1.165) is 110 Å². The van der Waals surface area contributed by atoms with Crippen molar-refractivity contribution in [3.05, 3.63) is 166 Å². The molecule has 502 valence electrons. The Labute approximate surface area is 558 Å². The lowest BCUT2D eigenvalue weighted by atomic mass is 9.97. The molecule has 5 aromatic carbocycles. The second-order valence-corrected chi connectivity index (χ2v) is 28.0. The van der Waals surface area contributed by atoms with Gasteiger partial charge in [-0.1, -0.05) is 30.3 Å². The van der Waals surface area contributed by atoms with Crippen molar-refractivity contribution >= 4 is 90.5 Å². The Morgan fingerprint density at radius 3 is 1.14 bits per heavy atom. The molecule has 3 saturated carbocycles. The number of ketones is 2. The molecule has 0 bridgehead atoms. The summed E-state index contributed by atoms with van der Waals surface area (Å²) in [5, 5.41) is 18.8. The highest BCUT2D eigenvalue weighted by atomic mass is 19.1. The molecule has 3 saturated heterocycles. The number of carbonyl (C=O) groups excluding carboxylic acids is 4. The first-order valence-electron chi connectivity index (χ1n) is 33.5. The van der Waals surface area contributed by atoms with Crippen LogP contribution in [-0.2, 0) is 22.3 Å². The highest BCUT2D eigenvalue weighted by Gasteiger charge is 2.36. The van der Waals surface area contributed by atoms with Crippen LogP contribution in [0.1, 0.15) is 157 Å². The first-order valence-corrected chi connectivity index (χ1v) is 33.5. The van der Waals surface area contributed by atoms with E-state index in [9.17, 15) is 37.9 Å². The van der Waals surface area contributed by atoms with Gasteiger partial charge in [-0.05, 0) is 202 Å². The van der Waals surface area contributed by atoms with Crippen LogP contribution in [0.25, 0.3) is 32.3 Å². The number of rotatable bonds is 13. The van der Waals surface area contributed by atoms with Crippen molar-refractivity contribution in [3.8, 4) is 0 Å². The summed E-state index contributed by atoms with van der Waals surface area (Å²) >= 11 is 0. The normalized spacial score (nSPS) is 16.8. The van der Waals surface area contributed by atoms with Crippen molar-refractivity contribution in [2.24, 2.45) is 0 Å². The van der Waals surface area contributed by atoms with Crippen LogP contribution >= 0.6 is 0 Å². The summed E-state index contributed by atoms with van der Waals surface area (Å²) in [5.74, 6) is -0.555. The molecule has 8 aromatic rings. The molecule has 19 nitrogen and oxygen atoms in total. The summed E-state index contributed by atoms with van der Waals surface area (Å²) in [6.07, 6.45) is 12.0. The minimum atomic E-state index is -1.01. The first-order chi connectivity index (χ1) is 45.9. The number of nitrogens with one attached hydrogen (secondary N) is 1. The van der Waals surface area contributed by atoms with Gasteiger partial charge in [0.25, 0.3) is 0 Å². The smallest absolute Gasteiger partial charge is 0.410 e. The summed E-state index contributed by atoms with van der Waals surface area (Å²) in [6.45, 7) is 20.7. The number of pyridine rings is 3. The number of carboxylic acids is 1. The van der Waals surface area contributed by atoms with E-state index in [1.807, 2.05) is 78.2 Å². The van der Waals surface area contributed by atoms with Crippen molar-refractivity contribution < 1.29 is 47.3 Å². The van der Waals surface area contributed by atoms with Crippen LogP contribution in [-0.4, -0.2) is 149 Å². The Balaban J connectivity index is 0.000000139. The molecule has 3 aromatic heterocycles. The van der Waals surface area contributed by atoms with E-state index in [2.05, 4.69) is 59.2 Å². The summed E-state index contributed by atoms with van der Waals surface area (Å²) in [5.41, 5.74) is 21.0. The van der Waals surface area contributed by atoms with Gasteiger partial charge in [-0.15, -0.1) is 0 Å². The Hall–Kier alpha value is -9.50. The molecular formula is C75H85F2N11O8. The van der Waals surface area contributed by atoms with Gasteiger partial charge in [0.2, 0.25) is 0 Å². The van der Waals surface area contributed by atoms with Gasteiger partial charge in [0.15, 0.2) is 11.6 Å². The van der Waals surface area contributed by atoms with E-state index < -0.39 is 28.8 Å². The number of aromatic carboxylic acids is 1. The van der Waals surface area contributed by atoms with Crippen LogP contribution in [0.5, 0.6) is 0 Å². The van der Waals surface area contributed by atoms with E-state index in [-0.39, 0.29) is 48.0 Å². The standard InChI is InChI=1S/C29H33FN4O3.C24H25FN4O.C22H27N3O4/c1-29(2,3)37-28(36)34-12-10-33(11-13-34)25-9-7-19-14-24(32-17-22(19)27(25)18-4-5-18)26(35)15-20-6-8-21(30)16-23(20)31;25-18-5-3-17(20(26)13-18)12-23(30)21-11-16-4-6-22(29-9-7-27-8-10-29)24(15-1-2-15)19(16)14-28-21;1-22(2,3)29-21(28)25-10-8-24(9-11-25)18-7-6-15-12-17(20(26)27)23-13-16(15)19(18)14-4-5-14/h6-9,14,16-18H,4-5,10-13,15,31H2,1-3H3;3-6,11,13-15,27H,1-2,7-10,12,26H2;6-7,12-14H,4-5,8-11H2,1-3H3,(H,26,27). The van der Waals surface area contributed by atoms with Crippen molar-refractivity contribution in [2.45, 2.75) is 122 Å². The quantitative estimate of drug-likeness (QED) is 0.0619. The molecular weight excluding hydrogens is 1220 g/mol. The highest BCUT2D eigenvalue weighted by Crippen LogP contribution is 2.50. The second-order valence-electron chi connectivity index (χ2n) is 28.0. The van der Waals surface area contributed by atoms with Crippen LogP contribution in [0.15, 0.2) is 110 Å². The summed E-state index contributed by atoms with van der Waals surface area (Å²) in [6, 6.07) is 26.1. The van der Waals surface area contributed by atoms with Crippen molar-refractivity contribution in [1.29, 1.82) is 0 Å². The number of amides is 2. The molecule has 96 heavy (non-hydrogen) atoms. The Bertz CT molecular complexity index is 4290. The summed E-state index contributed by atoms with van der Waals surface area (Å²) in [7, 11) is 0. The largest absolute Gasteiger partial charge is 0.477 e. The van der Waals surface area contributed by atoms with Gasteiger partial charge in [-0.25, -0.2) is 28.1 Å². The van der Waals surface area contributed by atoms with Gasteiger partial charge in [0.1, 0.15) is 39.9 Å². The summed E-state index contributed by atoms with van der Waals surface area (Å²) in [4.78, 5) is 85.7. The van der Waals surface area contributed by atoms with Gasteiger partial charge in [-0.2, -0.15) is 0 Å². The predicted octanol–water partition coefficient (Wildman–Crippen LogP) is 12.9. The number of aromatic nitrogens is 3. The molecule has 14 rings (SSSR count). The lowest BCUT2D eigenvalue weighted by Gasteiger charge is -2.37. The Morgan fingerprint density at radius 2 is 0.812 bits per heavy atom. The topological polar surface area (TPSA) is 243 Å². The SMILES string of the molecule is CC(C)(C)OC(=O)N1CCN(c2ccc3cc(C(=O)Cc4ccc(F)cc4N)ncc3c2C2CC2)CC1.CC(C)(C)OC(=O)N1CCN(c2ccc3cc(C(=O)O)ncc3c2C2CC2)CC1.Nc1cc(F)ccc1CC(=O)c1cc2ccc(N3CCNCC3)c(C3CC3)c2cn1. The van der Waals surface area contributed by atoms with E-state index in [1.54, 1.807) is 34.2 Å². The van der Waals surface area contributed by atoms with E-state index in [1.165, 1.54) is 70.9 Å². The lowest BCUT2D eigenvalue weighted by molar-refractivity contribution is 0.0230. The fourth-order valence-electron chi connectivity index (χ4n) is 13.1. The fourth-order valence-corrected chi connectivity index (χ4v) is 13.1. The average molecular weight is 1310 g/mol. The number of benzene rings is 5. The van der Waals surface area contributed by atoms with Crippen LogP contribution in [0.2, 0.25) is 0 Å². The molecule has 0 atom stereocenters. The van der Waals surface area contributed by atoms with Crippen LogP contribution in [0.4, 0.5) is 46.8 Å². The molecule has 2 amide bonds. The average Bonchev–Trinajstić information content (AvgIpc) is 1.46. The molecule has 6 N–H and O–H groups in total. The van der Waals surface area contributed by atoms with Crippen LogP contribution in [0, 0.1) is 11.6 Å². The molecule has 3 aliphatic heterocycles. The maximum absolute atomic E-state index is 13.4. The number of nitrogen functional groups attached to an aromatic ring is 2. The van der Waals surface area contributed by atoms with Crippen molar-refractivity contribution in [1.82, 2.24) is 30.1 Å². The number of piperazine rings is 3. The van der Waals surface area contributed by atoms with Crippen molar-refractivity contribution in [2.75, 3.05) is 105 Å². The third kappa shape index (κ3) is 15.7. The predicted molar refractivity (Wildman–Crippen MR) is 371 cm³/mol. The minimum absolute atomic E-state index is 0.0676. The van der Waals surface area contributed by atoms with Gasteiger partial charge < -0.3 is 55.9 Å². The first kappa shape index (κ1) is 66.5. The van der Waals surface area contributed by atoms with Gasteiger partial charge >= 0.3 is 18.2 Å². The number of carboxylic acid groups (broad SMARTS) is 1. The number of Topliss-reactive ketones (excluding diaryl/α,β-unsaturated/α-hetero) is 2. The zero-order valence-electron chi connectivity index (χ0n) is 55.6. The molecule has 3 aliphatic carbocycles. The lowest BCUT2D eigenvalue weighted by Crippen LogP contribution is -2.50. The number of carbonyl (C=O) groups is 5. The zero-order valence-corrected chi connectivity index (χ0v) is 55.6. The van der Waals surface area contributed by atoms with Gasteiger partial charge in [-0.3, -0.25) is 19.6 Å². The second kappa shape index (κ2) is 27.7. The Morgan fingerprint density at radius 1 is 0.479 bits per heavy atom.